The van der Waals surface area contributed by atoms with Gasteiger partial charge in [-0.25, -0.2) is 0 Å². The van der Waals surface area contributed by atoms with E-state index in [1.54, 1.807) is 19.2 Å². The minimum Gasteiger partial charge on any atom is -0.497 e. The molecule has 0 aliphatic carbocycles. The van der Waals surface area contributed by atoms with Crippen molar-refractivity contribution in [1.82, 2.24) is 0 Å². The lowest BCUT2D eigenvalue weighted by molar-refractivity contribution is -0.105. The number of amides is 1. The standard InChI is InChI=1S/C14H11BrClNO2S/c1-19-10-3-5-13(11(15)7-10)20-14-6-9(16)2-4-12(14)17-8-18/h2-8H,1H3,(H,17,18). The van der Waals surface area contributed by atoms with Crippen LogP contribution in [-0.4, -0.2) is 13.5 Å². The van der Waals surface area contributed by atoms with Crippen LogP contribution < -0.4 is 10.1 Å². The second kappa shape index (κ2) is 7.02. The highest BCUT2D eigenvalue weighted by atomic mass is 79.9. The van der Waals surface area contributed by atoms with E-state index in [0.717, 1.165) is 25.7 Å². The van der Waals surface area contributed by atoms with Crippen molar-refractivity contribution in [3.8, 4) is 5.75 Å². The van der Waals surface area contributed by atoms with Gasteiger partial charge < -0.3 is 10.1 Å². The van der Waals surface area contributed by atoms with Crippen molar-refractivity contribution in [2.45, 2.75) is 9.79 Å². The van der Waals surface area contributed by atoms with Gasteiger partial charge in [0, 0.05) is 19.3 Å². The molecular weight excluding hydrogens is 362 g/mol. The summed E-state index contributed by atoms with van der Waals surface area (Å²) >= 11 is 11.0. The number of carbonyl (C=O) groups excluding carboxylic acids is 1. The van der Waals surface area contributed by atoms with Gasteiger partial charge in [-0.2, -0.15) is 0 Å². The van der Waals surface area contributed by atoms with Gasteiger partial charge in [-0.15, -0.1) is 0 Å². The molecule has 20 heavy (non-hydrogen) atoms. The summed E-state index contributed by atoms with van der Waals surface area (Å²) in [6, 6.07) is 11.0. The lowest BCUT2D eigenvalue weighted by atomic mass is 10.3. The van der Waals surface area contributed by atoms with Crippen LogP contribution >= 0.6 is 39.3 Å². The Morgan fingerprint density at radius 1 is 1.25 bits per heavy atom. The molecule has 0 atom stereocenters. The highest BCUT2D eigenvalue weighted by Gasteiger charge is 2.09. The van der Waals surface area contributed by atoms with Gasteiger partial charge >= 0.3 is 0 Å². The molecule has 0 saturated heterocycles. The third-order valence-corrected chi connectivity index (χ3v) is 4.80. The number of methoxy groups -OCH3 is 1. The molecule has 0 unspecified atom stereocenters. The molecule has 6 heteroatoms. The van der Waals surface area contributed by atoms with Crippen molar-refractivity contribution in [3.63, 3.8) is 0 Å². The second-order valence-corrected chi connectivity index (χ2v) is 6.18. The molecule has 1 N–H and O–H groups in total. The number of ether oxygens (including phenoxy) is 1. The minimum atomic E-state index is 0.619. The van der Waals surface area contributed by atoms with Crippen molar-refractivity contribution in [1.29, 1.82) is 0 Å². The smallest absolute Gasteiger partial charge is 0.211 e. The van der Waals surface area contributed by atoms with Gasteiger partial charge in [-0.05, 0) is 52.3 Å². The first kappa shape index (κ1) is 15.2. The van der Waals surface area contributed by atoms with Gasteiger partial charge in [-0.1, -0.05) is 23.4 Å². The van der Waals surface area contributed by atoms with E-state index in [1.165, 1.54) is 11.8 Å². The second-order valence-electron chi connectivity index (χ2n) is 3.80. The SMILES string of the molecule is COc1ccc(Sc2cc(Cl)ccc2NC=O)c(Br)c1. The number of hydrogen-bond donors (Lipinski definition) is 1. The molecule has 2 aromatic carbocycles. The van der Waals surface area contributed by atoms with Crippen molar-refractivity contribution < 1.29 is 9.53 Å². The average Bonchev–Trinajstić information content (AvgIpc) is 2.44. The summed E-state index contributed by atoms with van der Waals surface area (Å²) < 4.78 is 6.08. The topological polar surface area (TPSA) is 38.3 Å². The monoisotopic (exact) mass is 371 g/mol. The molecule has 1 amide bonds. The number of nitrogens with one attached hydrogen (secondary N) is 1. The fourth-order valence-corrected chi connectivity index (χ4v) is 3.36. The Bertz CT molecular complexity index is 637. The maximum atomic E-state index is 10.6. The molecule has 0 fully saturated rings. The predicted molar refractivity (Wildman–Crippen MR) is 86.0 cm³/mol. The van der Waals surface area contributed by atoms with Crippen molar-refractivity contribution in [3.05, 3.63) is 45.9 Å². The molecule has 0 heterocycles. The van der Waals surface area contributed by atoms with Crippen LogP contribution in [0.15, 0.2) is 50.7 Å². The molecule has 104 valence electrons. The zero-order valence-electron chi connectivity index (χ0n) is 10.5. The number of carbonyl (C=O) groups is 1. The summed E-state index contributed by atoms with van der Waals surface area (Å²) in [6.45, 7) is 0. The van der Waals surface area contributed by atoms with E-state index < -0.39 is 0 Å². The van der Waals surface area contributed by atoms with Crippen LogP contribution in [0.2, 0.25) is 5.02 Å². The first-order valence-corrected chi connectivity index (χ1v) is 7.64. The van der Waals surface area contributed by atoms with Gasteiger partial charge in [0.15, 0.2) is 0 Å². The Morgan fingerprint density at radius 3 is 2.70 bits per heavy atom. The quantitative estimate of drug-likeness (QED) is 0.764. The number of halogens is 2. The van der Waals surface area contributed by atoms with E-state index >= 15 is 0 Å². The Morgan fingerprint density at radius 2 is 2.05 bits per heavy atom. The highest BCUT2D eigenvalue weighted by molar-refractivity contribution is 9.10. The van der Waals surface area contributed by atoms with Crippen LogP contribution in [0.5, 0.6) is 5.75 Å². The summed E-state index contributed by atoms with van der Waals surface area (Å²) in [5.74, 6) is 0.776. The van der Waals surface area contributed by atoms with Gasteiger partial charge in [0.25, 0.3) is 0 Å². The first-order valence-electron chi connectivity index (χ1n) is 5.65. The van der Waals surface area contributed by atoms with Gasteiger partial charge in [0.05, 0.1) is 12.8 Å². The summed E-state index contributed by atoms with van der Waals surface area (Å²) in [6.07, 6.45) is 0.649. The Kier molecular flexibility index (Phi) is 5.34. The average molecular weight is 373 g/mol. The van der Waals surface area contributed by atoms with Crippen LogP contribution in [0.25, 0.3) is 0 Å². The molecule has 0 saturated carbocycles. The van der Waals surface area contributed by atoms with E-state index in [2.05, 4.69) is 21.2 Å². The maximum absolute atomic E-state index is 10.6. The Balaban J connectivity index is 2.33. The normalized spacial score (nSPS) is 10.2. The van der Waals surface area contributed by atoms with E-state index in [4.69, 9.17) is 16.3 Å². The van der Waals surface area contributed by atoms with Crippen LogP contribution in [-0.2, 0) is 4.79 Å². The number of rotatable bonds is 5. The van der Waals surface area contributed by atoms with Crippen LogP contribution in [0, 0.1) is 0 Å². The minimum absolute atomic E-state index is 0.619. The third kappa shape index (κ3) is 3.69. The molecule has 0 radical (unpaired) electrons. The molecular formula is C14H11BrClNO2S. The predicted octanol–water partition coefficient (Wildman–Crippen LogP) is 4.83. The summed E-state index contributed by atoms with van der Waals surface area (Å²) in [4.78, 5) is 12.5. The van der Waals surface area contributed by atoms with E-state index in [1.807, 2.05) is 24.3 Å². The van der Waals surface area contributed by atoms with Crippen LogP contribution in [0.3, 0.4) is 0 Å². The number of hydrogen-bond acceptors (Lipinski definition) is 3. The zero-order chi connectivity index (χ0) is 14.5. The number of anilines is 1. The fraction of sp³-hybridized carbons (Fsp3) is 0.0714. The largest absolute Gasteiger partial charge is 0.497 e. The van der Waals surface area contributed by atoms with Crippen molar-refractivity contribution in [2.75, 3.05) is 12.4 Å². The fourth-order valence-electron chi connectivity index (χ4n) is 1.57. The highest BCUT2D eigenvalue weighted by Crippen LogP contribution is 2.39. The Hall–Kier alpha value is -1.17. The molecule has 0 bridgehead atoms. The maximum Gasteiger partial charge on any atom is 0.211 e. The third-order valence-electron chi connectivity index (χ3n) is 2.52. The molecule has 0 aliphatic rings. The summed E-state index contributed by atoms with van der Waals surface area (Å²) in [7, 11) is 1.62. The van der Waals surface area contributed by atoms with Crippen molar-refractivity contribution >= 4 is 51.4 Å². The molecule has 2 aromatic rings. The molecule has 0 spiro atoms. The lowest BCUT2D eigenvalue weighted by Gasteiger charge is -2.10. The molecule has 0 aromatic heterocycles. The van der Waals surface area contributed by atoms with Gasteiger partial charge in [0.1, 0.15) is 5.75 Å². The summed E-state index contributed by atoms with van der Waals surface area (Å²) in [5.41, 5.74) is 0.720. The summed E-state index contributed by atoms with van der Waals surface area (Å²) in [5, 5.41) is 3.28. The molecule has 0 aliphatic heterocycles. The Labute approximate surface area is 134 Å². The van der Waals surface area contributed by atoms with Crippen molar-refractivity contribution in [2.24, 2.45) is 0 Å². The van der Waals surface area contributed by atoms with Gasteiger partial charge in [0.2, 0.25) is 6.41 Å². The van der Waals surface area contributed by atoms with E-state index in [0.29, 0.717) is 11.4 Å². The zero-order valence-corrected chi connectivity index (χ0v) is 13.7. The van der Waals surface area contributed by atoms with Crippen LogP contribution in [0.4, 0.5) is 5.69 Å². The van der Waals surface area contributed by atoms with Crippen LogP contribution in [0.1, 0.15) is 0 Å². The van der Waals surface area contributed by atoms with Gasteiger partial charge in [-0.3, -0.25) is 4.79 Å². The molecule has 3 nitrogen and oxygen atoms in total. The lowest BCUT2D eigenvalue weighted by Crippen LogP contribution is -1.95. The number of benzene rings is 2. The molecule has 2 rings (SSSR count). The van der Waals surface area contributed by atoms with E-state index in [-0.39, 0.29) is 0 Å². The van der Waals surface area contributed by atoms with E-state index in [9.17, 15) is 4.79 Å². The first-order chi connectivity index (χ1) is 9.63.